The van der Waals surface area contributed by atoms with Crippen LogP contribution in [-0.4, -0.2) is 18.3 Å². The molecule has 3 rings (SSSR count). The molecule has 1 aromatic carbocycles. The number of rotatable bonds is 3. The van der Waals surface area contributed by atoms with Gasteiger partial charge >= 0.3 is 0 Å². The van der Waals surface area contributed by atoms with Crippen molar-refractivity contribution in [2.45, 2.75) is 63.2 Å². The van der Waals surface area contributed by atoms with Crippen molar-refractivity contribution in [3.8, 4) is 5.75 Å². The zero-order chi connectivity index (χ0) is 14.9. The molecule has 2 aliphatic rings. The third-order valence-corrected chi connectivity index (χ3v) is 4.74. The number of benzene rings is 1. The van der Waals surface area contributed by atoms with Crippen LogP contribution in [0.5, 0.6) is 5.75 Å². The molecule has 1 aromatic rings. The van der Waals surface area contributed by atoms with E-state index in [0.29, 0.717) is 12.4 Å². The van der Waals surface area contributed by atoms with Crippen LogP contribution in [0, 0.1) is 5.82 Å². The molecule has 21 heavy (non-hydrogen) atoms. The summed E-state index contributed by atoms with van der Waals surface area (Å²) in [5, 5.41) is 0. The van der Waals surface area contributed by atoms with Gasteiger partial charge < -0.3 is 15.2 Å². The van der Waals surface area contributed by atoms with E-state index in [-0.39, 0.29) is 23.6 Å². The molecular weight excluding hydrogens is 269 g/mol. The minimum atomic E-state index is -0.322. The summed E-state index contributed by atoms with van der Waals surface area (Å²) >= 11 is 0. The SMILES string of the molecule is C[C@H](N)c1ccc(OC2CCOC3(CCCC3)C2)c(F)c1. The van der Waals surface area contributed by atoms with Gasteiger partial charge in [-0.3, -0.25) is 0 Å². The molecule has 0 aromatic heterocycles. The second kappa shape index (κ2) is 5.93. The summed E-state index contributed by atoms with van der Waals surface area (Å²) in [5.74, 6) is 0.0104. The normalized spacial score (nSPS) is 26.0. The first-order valence-electron chi connectivity index (χ1n) is 7.94. The van der Waals surface area contributed by atoms with Gasteiger partial charge in [-0.25, -0.2) is 4.39 Å². The van der Waals surface area contributed by atoms with Crippen molar-refractivity contribution in [2.75, 3.05) is 6.61 Å². The lowest BCUT2D eigenvalue weighted by Crippen LogP contribution is -2.41. The van der Waals surface area contributed by atoms with Crippen LogP contribution < -0.4 is 10.5 Å². The fourth-order valence-electron chi connectivity index (χ4n) is 3.53. The van der Waals surface area contributed by atoms with Gasteiger partial charge in [0, 0.05) is 18.9 Å². The molecular formula is C17H24FNO2. The van der Waals surface area contributed by atoms with Gasteiger partial charge in [0.25, 0.3) is 0 Å². The fourth-order valence-corrected chi connectivity index (χ4v) is 3.53. The Balaban J connectivity index is 1.68. The maximum absolute atomic E-state index is 14.1. The predicted octanol–water partition coefficient (Wildman–Crippen LogP) is 3.72. The van der Waals surface area contributed by atoms with Crippen molar-refractivity contribution < 1.29 is 13.9 Å². The van der Waals surface area contributed by atoms with Crippen LogP contribution in [0.4, 0.5) is 4.39 Å². The van der Waals surface area contributed by atoms with E-state index in [1.807, 2.05) is 13.0 Å². The minimum Gasteiger partial charge on any atom is -0.487 e. The zero-order valence-corrected chi connectivity index (χ0v) is 12.6. The van der Waals surface area contributed by atoms with E-state index in [4.69, 9.17) is 15.2 Å². The molecule has 1 saturated carbocycles. The van der Waals surface area contributed by atoms with Gasteiger partial charge in [0.15, 0.2) is 11.6 Å². The Morgan fingerprint density at radius 3 is 2.81 bits per heavy atom. The number of hydrogen-bond acceptors (Lipinski definition) is 3. The van der Waals surface area contributed by atoms with Crippen molar-refractivity contribution in [3.05, 3.63) is 29.6 Å². The van der Waals surface area contributed by atoms with Gasteiger partial charge in [0.05, 0.1) is 12.2 Å². The predicted molar refractivity (Wildman–Crippen MR) is 79.8 cm³/mol. The van der Waals surface area contributed by atoms with Crippen molar-refractivity contribution in [3.63, 3.8) is 0 Å². The van der Waals surface area contributed by atoms with Gasteiger partial charge in [-0.15, -0.1) is 0 Å². The van der Waals surface area contributed by atoms with E-state index in [0.717, 1.165) is 31.2 Å². The molecule has 1 aliphatic heterocycles. The van der Waals surface area contributed by atoms with Gasteiger partial charge in [0.2, 0.25) is 0 Å². The van der Waals surface area contributed by atoms with Gasteiger partial charge in [-0.2, -0.15) is 0 Å². The third kappa shape index (κ3) is 3.22. The van der Waals surface area contributed by atoms with Crippen LogP contribution in [0.25, 0.3) is 0 Å². The van der Waals surface area contributed by atoms with Crippen LogP contribution in [-0.2, 0) is 4.74 Å². The Morgan fingerprint density at radius 2 is 2.14 bits per heavy atom. The largest absolute Gasteiger partial charge is 0.487 e. The first-order chi connectivity index (χ1) is 10.1. The smallest absolute Gasteiger partial charge is 0.165 e. The third-order valence-electron chi connectivity index (χ3n) is 4.74. The lowest BCUT2D eigenvalue weighted by atomic mass is 9.90. The second-order valence-electron chi connectivity index (χ2n) is 6.45. The molecule has 3 nitrogen and oxygen atoms in total. The highest BCUT2D eigenvalue weighted by molar-refractivity contribution is 5.31. The average Bonchev–Trinajstić information content (AvgIpc) is 2.89. The number of hydrogen-bond donors (Lipinski definition) is 1. The summed E-state index contributed by atoms with van der Waals surface area (Å²) in [6.45, 7) is 2.56. The minimum absolute atomic E-state index is 0.00882. The van der Waals surface area contributed by atoms with E-state index in [1.165, 1.54) is 18.9 Å². The standard InChI is InChI=1S/C17H24FNO2/c1-12(19)13-4-5-16(15(18)10-13)21-14-6-9-20-17(11-14)7-2-3-8-17/h4-5,10,12,14H,2-3,6-9,11,19H2,1H3/t12-,14?/m0/s1. The van der Waals surface area contributed by atoms with Crippen molar-refractivity contribution in [2.24, 2.45) is 5.73 Å². The monoisotopic (exact) mass is 293 g/mol. The van der Waals surface area contributed by atoms with E-state index < -0.39 is 0 Å². The fraction of sp³-hybridized carbons (Fsp3) is 0.647. The Kier molecular flexibility index (Phi) is 4.18. The molecule has 0 amide bonds. The Hall–Kier alpha value is -1.13. The molecule has 1 heterocycles. The van der Waals surface area contributed by atoms with Crippen molar-refractivity contribution in [1.29, 1.82) is 0 Å². The van der Waals surface area contributed by atoms with E-state index in [1.54, 1.807) is 6.07 Å². The van der Waals surface area contributed by atoms with Crippen molar-refractivity contribution in [1.82, 2.24) is 0 Å². The quantitative estimate of drug-likeness (QED) is 0.924. The highest BCUT2D eigenvalue weighted by Gasteiger charge is 2.40. The average molecular weight is 293 g/mol. The number of nitrogens with two attached hydrogens (primary N) is 1. The lowest BCUT2D eigenvalue weighted by Gasteiger charge is -2.38. The van der Waals surface area contributed by atoms with Gasteiger partial charge in [0.1, 0.15) is 6.10 Å². The first-order valence-corrected chi connectivity index (χ1v) is 7.94. The summed E-state index contributed by atoms with van der Waals surface area (Å²) in [6.07, 6.45) is 6.43. The molecule has 1 unspecified atom stereocenters. The van der Waals surface area contributed by atoms with E-state index in [9.17, 15) is 4.39 Å². The summed E-state index contributed by atoms with van der Waals surface area (Å²) < 4.78 is 26.0. The highest BCUT2D eigenvalue weighted by Crippen LogP contribution is 2.41. The van der Waals surface area contributed by atoms with E-state index >= 15 is 0 Å². The maximum Gasteiger partial charge on any atom is 0.165 e. The summed E-state index contributed by atoms with van der Waals surface area (Å²) in [4.78, 5) is 0. The Bertz CT molecular complexity index is 498. The van der Waals surface area contributed by atoms with Crippen LogP contribution in [0.2, 0.25) is 0 Å². The molecule has 0 radical (unpaired) electrons. The molecule has 0 bridgehead atoms. The first kappa shape index (κ1) is 14.8. The van der Waals surface area contributed by atoms with Crippen molar-refractivity contribution >= 4 is 0 Å². The number of ether oxygens (including phenoxy) is 2. The summed E-state index contributed by atoms with van der Waals surface area (Å²) in [5.41, 5.74) is 6.55. The van der Waals surface area contributed by atoms with Crippen LogP contribution >= 0.6 is 0 Å². The number of halogens is 1. The molecule has 2 atom stereocenters. The molecule has 2 N–H and O–H groups in total. The molecule has 2 fully saturated rings. The molecule has 116 valence electrons. The topological polar surface area (TPSA) is 44.5 Å². The Labute approximate surface area is 125 Å². The summed E-state index contributed by atoms with van der Waals surface area (Å²) in [7, 11) is 0. The zero-order valence-electron chi connectivity index (χ0n) is 12.6. The van der Waals surface area contributed by atoms with E-state index in [2.05, 4.69) is 0 Å². The highest BCUT2D eigenvalue weighted by atomic mass is 19.1. The maximum atomic E-state index is 14.1. The second-order valence-corrected chi connectivity index (χ2v) is 6.45. The molecule has 1 saturated heterocycles. The molecule has 4 heteroatoms. The molecule has 1 aliphatic carbocycles. The Morgan fingerprint density at radius 1 is 1.38 bits per heavy atom. The van der Waals surface area contributed by atoms with Crippen LogP contribution in [0.1, 0.15) is 57.1 Å². The lowest BCUT2D eigenvalue weighted by molar-refractivity contribution is -0.108. The van der Waals surface area contributed by atoms with Crippen LogP contribution in [0.15, 0.2) is 18.2 Å². The van der Waals surface area contributed by atoms with Crippen LogP contribution in [0.3, 0.4) is 0 Å². The van der Waals surface area contributed by atoms with Gasteiger partial charge in [-0.1, -0.05) is 18.9 Å². The molecule has 1 spiro atoms. The summed E-state index contributed by atoms with van der Waals surface area (Å²) in [6, 6.07) is 4.85. The van der Waals surface area contributed by atoms with Gasteiger partial charge in [-0.05, 0) is 37.5 Å².